The molecule has 1 atom stereocenters. The van der Waals surface area contributed by atoms with Crippen molar-refractivity contribution in [2.24, 2.45) is 0 Å². The summed E-state index contributed by atoms with van der Waals surface area (Å²) >= 11 is 0. The monoisotopic (exact) mass is 402 g/mol. The standard InChI is InChI=1S/C22H42O6/c1-7-23-19(17-21(25-9-3)26-10-4)15-13-14-16-20(24-8-2)18-22(27-11-5)28-12-6/h13,15,18-19,21-22H,7-12,14,16-17H2,1-6H3. The van der Waals surface area contributed by atoms with E-state index < -0.39 is 0 Å². The van der Waals surface area contributed by atoms with Gasteiger partial charge in [0.25, 0.3) is 0 Å². The summed E-state index contributed by atoms with van der Waals surface area (Å²) in [5.41, 5.74) is 0. The van der Waals surface area contributed by atoms with Crippen LogP contribution in [-0.4, -0.2) is 58.3 Å². The summed E-state index contributed by atoms with van der Waals surface area (Å²) < 4.78 is 34.0. The van der Waals surface area contributed by atoms with Crippen LogP contribution in [0, 0.1) is 0 Å². The van der Waals surface area contributed by atoms with E-state index in [2.05, 4.69) is 12.2 Å². The lowest BCUT2D eigenvalue weighted by Gasteiger charge is -2.21. The van der Waals surface area contributed by atoms with Gasteiger partial charge in [0.2, 0.25) is 0 Å². The molecular formula is C22H42O6. The van der Waals surface area contributed by atoms with Gasteiger partial charge in [0.1, 0.15) is 0 Å². The van der Waals surface area contributed by atoms with Crippen LogP contribution in [0.1, 0.15) is 60.8 Å². The van der Waals surface area contributed by atoms with Gasteiger partial charge in [-0.25, -0.2) is 0 Å². The smallest absolute Gasteiger partial charge is 0.180 e. The Hall–Kier alpha value is -0.920. The van der Waals surface area contributed by atoms with Crippen LogP contribution in [0.5, 0.6) is 0 Å². The zero-order valence-corrected chi connectivity index (χ0v) is 18.8. The van der Waals surface area contributed by atoms with Gasteiger partial charge in [-0.2, -0.15) is 0 Å². The number of hydrogen-bond donors (Lipinski definition) is 0. The third-order valence-corrected chi connectivity index (χ3v) is 3.73. The molecule has 0 aliphatic carbocycles. The maximum Gasteiger partial charge on any atom is 0.180 e. The molecule has 0 spiro atoms. The molecule has 0 saturated carbocycles. The van der Waals surface area contributed by atoms with E-state index in [1.807, 2.05) is 47.6 Å². The van der Waals surface area contributed by atoms with Crippen molar-refractivity contribution in [3.05, 3.63) is 24.0 Å². The lowest BCUT2D eigenvalue weighted by Crippen LogP contribution is -2.24. The highest BCUT2D eigenvalue weighted by Crippen LogP contribution is 2.14. The molecule has 1 unspecified atom stereocenters. The minimum atomic E-state index is -0.366. The van der Waals surface area contributed by atoms with Crippen molar-refractivity contribution in [2.75, 3.05) is 39.6 Å². The number of allylic oxidation sites excluding steroid dienone is 2. The molecule has 0 saturated heterocycles. The summed E-state index contributed by atoms with van der Waals surface area (Å²) in [6, 6.07) is 0. The van der Waals surface area contributed by atoms with Gasteiger partial charge < -0.3 is 28.4 Å². The second-order valence-electron chi connectivity index (χ2n) is 5.88. The molecule has 0 aromatic heterocycles. The fourth-order valence-electron chi connectivity index (χ4n) is 2.65. The molecule has 0 heterocycles. The Morgan fingerprint density at radius 1 is 0.714 bits per heavy atom. The van der Waals surface area contributed by atoms with Gasteiger partial charge in [-0.3, -0.25) is 0 Å². The van der Waals surface area contributed by atoms with Crippen LogP contribution < -0.4 is 0 Å². The third kappa shape index (κ3) is 14.1. The molecule has 0 aliphatic rings. The van der Waals surface area contributed by atoms with E-state index in [0.29, 0.717) is 46.1 Å². The normalized spacial score (nSPS) is 13.8. The SMILES string of the molecule is CCOC(=CC(OCC)OCC)CCC=CC(CC(OCC)OCC)OCC. The summed E-state index contributed by atoms with van der Waals surface area (Å²) in [5.74, 6) is 0.883. The molecule has 28 heavy (non-hydrogen) atoms. The zero-order valence-electron chi connectivity index (χ0n) is 18.8. The topological polar surface area (TPSA) is 55.4 Å². The van der Waals surface area contributed by atoms with Crippen LogP contribution in [-0.2, 0) is 28.4 Å². The molecule has 0 aliphatic heterocycles. The van der Waals surface area contributed by atoms with Crippen LogP contribution in [0.3, 0.4) is 0 Å². The van der Waals surface area contributed by atoms with Crippen molar-refractivity contribution < 1.29 is 28.4 Å². The van der Waals surface area contributed by atoms with Crippen molar-refractivity contribution >= 4 is 0 Å². The molecule has 0 rings (SSSR count). The molecular weight excluding hydrogens is 360 g/mol. The molecule has 0 aromatic rings. The first-order valence-corrected chi connectivity index (χ1v) is 10.7. The van der Waals surface area contributed by atoms with Gasteiger partial charge >= 0.3 is 0 Å². The minimum Gasteiger partial charge on any atom is -0.498 e. The van der Waals surface area contributed by atoms with Gasteiger partial charge in [-0.1, -0.05) is 12.2 Å². The molecule has 6 heteroatoms. The summed E-state index contributed by atoms with van der Waals surface area (Å²) in [7, 11) is 0. The fourth-order valence-corrected chi connectivity index (χ4v) is 2.65. The Labute approximate surface area is 172 Å². The van der Waals surface area contributed by atoms with Crippen LogP contribution in [0.15, 0.2) is 24.0 Å². The van der Waals surface area contributed by atoms with Crippen molar-refractivity contribution in [3.63, 3.8) is 0 Å². The van der Waals surface area contributed by atoms with Gasteiger partial charge in [-0.05, 0) is 48.0 Å². The summed E-state index contributed by atoms with van der Waals surface area (Å²) in [6.45, 7) is 15.5. The zero-order chi connectivity index (χ0) is 21.0. The molecule has 0 radical (unpaired) electrons. The highest BCUT2D eigenvalue weighted by atomic mass is 16.7. The van der Waals surface area contributed by atoms with Crippen molar-refractivity contribution in [1.29, 1.82) is 0 Å². The van der Waals surface area contributed by atoms with Crippen molar-refractivity contribution in [1.82, 2.24) is 0 Å². The highest BCUT2D eigenvalue weighted by Gasteiger charge is 2.15. The average molecular weight is 403 g/mol. The molecule has 0 N–H and O–H groups in total. The fraction of sp³-hybridized carbons (Fsp3) is 0.818. The van der Waals surface area contributed by atoms with Crippen LogP contribution >= 0.6 is 0 Å². The maximum atomic E-state index is 5.82. The molecule has 0 aromatic carbocycles. The third-order valence-electron chi connectivity index (χ3n) is 3.73. The Bertz CT molecular complexity index is 384. The Balaban J connectivity index is 4.75. The lowest BCUT2D eigenvalue weighted by atomic mass is 10.1. The quantitative estimate of drug-likeness (QED) is 0.175. The predicted molar refractivity (Wildman–Crippen MR) is 112 cm³/mol. The molecule has 0 fully saturated rings. The van der Waals surface area contributed by atoms with E-state index in [1.165, 1.54) is 0 Å². The second kappa shape index (κ2) is 19.4. The summed E-state index contributed by atoms with van der Waals surface area (Å²) in [6.07, 6.45) is 7.78. The van der Waals surface area contributed by atoms with E-state index in [-0.39, 0.29) is 18.7 Å². The van der Waals surface area contributed by atoms with E-state index >= 15 is 0 Å². The first kappa shape index (κ1) is 27.1. The lowest BCUT2D eigenvalue weighted by molar-refractivity contribution is -0.152. The molecule has 6 nitrogen and oxygen atoms in total. The van der Waals surface area contributed by atoms with E-state index in [0.717, 1.165) is 18.6 Å². The Morgan fingerprint density at radius 2 is 1.29 bits per heavy atom. The first-order valence-electron chi connectivity index (χ1n) is 10.7. The van der Waals surface area contributed by atoms with E-state index in [9.17, 15) is 0 Å². The summed E-state index contributed by atoms with van der Waals surface area (Å²) in [5, 5.41) is 0. The largest absolute Gasteiger partial charge is 0.498 e. The Morgan fingerprint density at radius 3 is 1.79 bits per heavy atom. The van der Waals surface area contributed by atoms with Crippen molar-refractivity contribution in [2.45, 2.75) is 79.5 Å². The number of ether oxygens (including phenoxy) is 6. The predicted octanol–water partition coefficient (Wildman–Crippen LogP) is 4.84. The van der Waals surface area contributed by atoms with E-state index in [1.54, 1.807) is 0 Å². The van der Waals surface area contributed by atoms with E-state index in [4.69, 9.17) is 28.4 Å². The van der Waals surface area contributed by atoms with Gasteiger partial charge in [0.05, 0.1) is 18.5 Å². The highest BCUT2D eigenvalue weighted by molar-refractivity contribution is 4.99. The van der Waals surface area contributed by atoms with Crippen LogP contribution in [0.25, 0.3) is 0 Å². The van der Waals surface area contributed by atoms with Gasteiger partial charge in [0, 0.05) is 52.0 Å². The van der Waals surface area contributed by atoms with Gasteiger partial charge in [0.15, 0.2) is 12.6 Å². The minimum absolute atomic E-state index is 0.0350. The molecule has 0 amide bonds. The number of hydrogen-bond acceptors (Lipinski definition) is 6. The first-order chi connectivity index (χ1) is 13.6. The summed E-state index contributed by atoms with van der Waals surface area (Å²) in [4.78, 5) is 0. The van der Waals surface area contributed by atoms with Crippen molar-refractivity contribution in [3.8, 4) is 0 Å². The molecule has 166 valence electrons. The Kier molecular flexibility index (Phi) is 18.8. The van der Waals surface area contributed by atoms with Crippen LogP contribution in [0.4, 0.5) is 0 Å². The second-order valence-corrected chi connectivity index (χ2v) is 5.88. The van der Waals surface area contributed by atoms with Crippen LogP contribution in [0.2, 0.25) is 0 Å². The average Bonchev–Trinajstić information content (AvgIpc) is 2.66. The maximum absolute atomic E-state index is 5.82. The molecule has 0 bridgehead atoms. The van der Waals surface area contributed by atoms with Gasteiger partial charge in [-0.15, -0.1) is 0 Å². The number of rotatable bonds is 19.